The first-order valence-electron chi connectivity index (χ1n) is 7.41. The molecule has 0 radical (unpaired) electrons. The number of aryl methyl sites for hydroxylation is 1. The Morgan fingerprint density at radius 2 is 2.09 bits per heavy atom. The summed E-state index contributed by atoms with van der Waals surface area (Å²) in [5, 5.41) is 0. The summed E-state index contributed by atoms with van der Waals surface area (Å²) < 4.78 is 10.1. The fourth-order valence-electron chi connectivity index (χ4n) is 2.60. The molecule has 2 aromatic heterocycles. The summed E-state index contributed by atoms with van der Waals surface area (Å²) in [6, 6.07) is 3.33. The molecule has 0 fully saturated rings. The third kappa shape index (κ3) is 3.37. The Morgan fingerprint density at radius 3 is 2.65 bits per heavy atom. The number of nitrogens with one attached hydrogen (secondary N) is 1. The van der Waals surface area contributed by atoms with Crippen LogP contribution in [0.2, 0.25) is 0 Å². The SMILES string of the molecule is COC(=O)c1c(C)[nH]c(C(=O)[C@H](C)N(C)Cc2ccco2)c1C. The van der Waals surface area contributed by atoms with Crippen molar-refractivity contribution in [3.8, 4) is 0 Å². The van der Waals surface area contributed by atoms with E-state index in [0.29, 0.717) is 29.1 Å². The topological polar surface area (TPSA) is 75.5 Å². The van der Waals surface area contributed by atoms with Crippen molar-refractivity contribution in [1.29, 1.82) is 0 Å². The maximum atomic E-state index is 12.8. The molecule has 2 rings (SSSR count). The number of ether oxygens (including phenoxy) is 1. The van der Waals surface area contributed by atoms with Crippen LogP contribution in [0.5, 0.6) is 0 Å². The van der Waals surface area contributed by atoms with Crippen LogP contribution in [0.4, 0.5) is 0 Å². The largest absolute Gasteiger partial charge is 0.468 e. The number of hydrogen-bond acceptors (Lipinski definition) is 5. The molecule has 0 amide bonds. The second-order valence-corrected chi connectivity index (χ2v) is 5.65. The minimum Gasteiger partial charge on any atom is -0.468 e. The van der Waals surface area contributed by atoms with Crippen LogP contribution in [0.25, 0.3) is 0 Å². The molecule has 23 heavy (non-hydrogen) atoms. The van der Waals surface area contributed by atoms with Crippen LogP contribution < -0.4 is 0 Å². The van der Waals surface area contributed by atoms with Gasteiger partial charge in [-0.3, -0.25) is 9.69 Å². The number of H-pyrrole nitrogens is 1. The Bertz CT molecular complexity index is 701. The number of likely N-dealkylation sites (N-methyl/N-ethyl adjacent to an activating group) is 1. The zero-order valence-electron chi connectivity index (χ0n) is 14.1. The highest BCUT2D eigenvalue weighted by Crippen LogP contribution is 2.21. The Kier molecular flexibility index (Phi) is 5.05. The molecule has 6 nitrogen and oxygen atoms in total. The first-order valence-corrected chi connectivity index (χ1v) is 7.41. The van der Waals surface area contributed by atoms with Crippen LogP contribution in [0.15, 0.2) is 22.8 Å². The number of aromatic nitrogens is 1. The highest BCUT2D eigenvalue weighted by atomic mass is 16.5. The summed E-state index contributed by atoms with van der Waals surface area (Å²) >= 11 is 0. The van der Waals surface area contributed by atoms with Crippen LogP contribution in [0.3, 0.4) is 0 Å². The number of nitrogens with zero attached hydrogens (tertiary/aromatic N) is 1. The van der Waals surface area contributed by atoms with Crippen molar-refractivity contribution in [2.45, 2.75) is 33.4 Å². The molecule has 0 saturated carbocycles. The Balaban J connectivity index is 2.21. The summed E-state index contributed by atoms with van der Waals surface area (Å²) in [6.07, 6.45) is 1.61. The Morgan fingerprint density at radius 1 is 1.39 bits per heavy atom. The number of Topliss-reactive ketones (excluding diaryl/α,β-unsaturated/α-hetero) is 1. The Hall–Kier alpha value is -2.34. The molecule has 0 bridgehead atoms. The first-order chi connectivity index (χ1) is 10.9. The van der Waals surface area contributed by atoms with Gasteiger partial charge < -0.3 is 14.1 Å². The molecule has 1 N–H and O–H groups in total. The number of furan rings is 1. The highest BCUT2D eigenvalue weighted by Gasteiger charge is 2.27. The molecule has 0 aromatic carbocycles. The van der Waals surface area contributed by atoms with Crippen molar-refractivity contribution in [3.05, 3.63) is 46.7 Å². The van der Waals surface area contributed by atoms with E-state index < -0.39 is 5.97 Å². The molecule has 6 heteroatoms. The van der Waals surface area contributed by atoms with Gasteiger partial charge in [-0.1, -0.05) is 0 Å². The maximum absolute atomic E-state index is 12.8. The van der Waals surface area contributed by atoms with E-state index in [1.807, 2.05) is 31.0 Å². The lowest BCUT2D eigenvalue weighted by atomic mass is 10.0. The average Bonchev–Trinajstić information content (AvgIpc) is 3.13. The molecule has 0 aliphatic heterocycles. The number of esters is 1. The first kappa shape index (κ1) is 17.0. The van der Waals surface area contributed by atoms with Crippen LogP contribution >= 0.6 is 0 Å². The predicted octanol–water partition coefficient (Wildman–Crippen LogP) is 2.71. The van der Waals surface area contributed by atoms with Gasteiger partial charge >= 0.3 is 5.97 Å². The van der Waals surface area contributed by atoms with E-state index in [1.165, 1.54) is 7.11 Å². The van der Waals surface area contributed by atoms with E-state index in [2.05, 4.69) is 4.98 Å². The fraction of sp³-hybridized carbons (Fsp3) is 0.412. The predicted molar refractivity (Wildman–Crippen MR) is 85.6 cm³/mol. The van der Waals surface area contributed by atoms with E-state index >= 15 is 0 Å². The minimum atomic E-state index is -0.438. The van der Waals surface area contributed by atoms with Gasteiger partial charge in [0.25, 0.3) is 0 Å². The van der Waals surface area contributed by atoms with E-state index in [1.54, 1.807) is 20.1 Å². The van der Waals surface area contributed by atoms with Crippen LogP contribution in [0.1, 0.15) is 44.8 Å². The normalized spacial score (nSPS) is 12.4. The van der Waals surface area contributed by atoms with E-state index in [4.69, 9.17) is 9.15 Å². The quantitative estimate of drug-likeness (QED) is 0.654. The standard InChI is InChI=1S/C17H22N2O4/c1-10-14(17(21)22-5)11(2)18-15(10)16(20)12(3)19(4)9-13-7-6-8-23-13/h6-8,12,18H,9H2,1-5H3/t12-/m0/s1. The zero-order valence-corrected chi connectivity index (χ0v) is 14.1. The molecule has 1 atom stereocenters. The van der Waals surface area contributed by atoms with Crippen molar-refractivity contribution >= 4 is 11.8 Å². The van der Waals surface area contributed by atoms with Gasteiger partial charge in [-0.05, 0) is 45.5 Å². The van der Waals surface area contributed by atoms with Crippen LogP contribution in [-0.4, -0.2) is 41.8 Å². The van der Waals surface area contributed by atoms with Crippen LogP contribution in [0, 0.1) is 13.8 Å². The van der Waals surface area contributed by atoms with Gasteiger partial charge in [-0.2, -0.15) is 0 Å². The molecule has 0 unspecified atom stereocenters. The number of carbonyl (C=O) groups excluding carboxylic acids is 2. The summed E-state index contributed by atoms with van der Waals surface area (Å²) in [5.74, 6) is 0.281. The molecule has 0 aliphatic carbocycles. The molecule has 2 aromatic rings. The van der Waals surface area contributed by atoms with E-state index in [0.717, 1.165) is 5.76 Å². The summed E-state index contributed by atoms with van der Waals surface area (Å²) in [6.45, 7) is 5.87. The molecule has 0 saturated heterocycles. The van der Waals surface area contributed by atoms with Crippen molar-refractivity contribution in [1.82, 2.24) is 9.88 Å². The third-order valence-electron chi connectivity index (χ3n) is 4.10. The molecule has 124 valence electrons. The number of hydrogen-bond donors (Lipinski definition) is 1. The second-order valence-electron chi connectivity index (χ2n) is 5.65. The van der Waals surface area contributed by atoms with Gasteiger partial charge in [-0.15, -0.1) is 0 Å². The van der Waals surface area contributed by atoms with Crippen molar-refractivity contribution in [3.63, 3.8) is 0 Å². The molecule has 0 spiro atoms. The van der Waals surface area contributed by atoms with Gasteiger partial charge in [0.05, 0.1) is 37.2 Å². The van der Waals surface area contributed by atoms with Crippen molar-refractivity contribution < 1.29 is 18.7 Å². The van der Waals surface area contributed by atoms with Crippen molar-refractivity contribution in [2.75, 3.05) is 14.2 Å². The third-order valence-corrected chi connectivity index (χ3v) is 4.10. The van der Waals surface area contributed by atoms with Crippen LogP contribution in [-0.2, 0) is 11.3 Å². The molecular weight excluding hydrogens is 296 g/mol. The number of methoxy groups -OCH3 is 1. The Labute approximate surface area is 135 Å². The van der Waals surface area contributed by atoms with Crippen molar-refractivity contribution in [2.24, 2.45) is 0 Å². The lowest BCUT2D eigenvalue weighted by molar-refractivity contribution is 0.0599. The van der Waals surface area contributed by atoms with E-state index in [-0.39, 0.29) is 11.8 Å². The number of carbonyl (C=O) groups is 2. The number of aromatic amines is 1. The van der Waals surface area contributed by atoms with Gasteiger partial charge in [0.2, 0.25) is 0 Å². The van der Waals surface area contributed by atoms with Gasteiger partial charge in [0.1, 0.15) is 5.76 Å². The fourth-order valence-corrected chi connectivity index (χ4v) is 2.60. The zero-order chi connectivity index (χ0) is 17.1. The second kappa shape index (κ2) is 6.83. The molecular formula is C17H22N2O4. The highest BCUT2D eigenvalue weighted by molar-refractivity contribution is 6.03. The summed E-state index contributed by atoms with van der Waals surface area (Å²) in [4.78, 5) is 29.5. The minimum absolute atomic E-state index is 0.0743. The smallest absolute Gasteiger partial charge is 0.339 e. The van der Waals surface area contributed by atoms with Gasteiger partial charge in [0.15, 0.2) is 5.78 Å². The molecule has 2 heterocycles. The van der Waals surface area contributed by atoms with Gasteiger partial charge in [-0.25, -0.2) is 4.79 Å². The van der Waals surface area contributed by atoms with Gasteiger partial charge in [0, 0.05) is 5.69 Å². The lowest BCUT2D eigenvalue weighted by Crippen LogP contribution is -2.36. The summed E-state index contributed by atoms with van der Waals surface area (Å²) in [5.41, 5.74) is 2.13. The average molecular weight is 318 g/mol. The molecule has 0 aliphatic rings. The number of ketones is 1. The number of rotatable bonds is 6. The monoisotopic (exact) mass is 318 g/mol. The summed E-state index contributed by atoms with van der Waals surface area (Å²) in [7, 11) is 3.19. The van der Waals surface area contributed by atoms with E-state index in [9.17, 15) is 9.59 Å². The maximum Gasteiger partial charge on any atom is 0.339 e. The lowest BCUT2D eigenvalue weighted by Gasteiger charge is -2.22.